The van der Waals surface area contributed by atoms with Crippen molar-refractivity contribution >= 4 is 24.8 Å². The van der Waals surface area contributed by atoms with Gasteiger partial charge in [-0.15, -0.1) is 24.8 Å². The summed E-state index contributed by atoms with van der Waals surface area (Å²) in [6, 6.07) is 0. The Kier molecular flexibility index (Phi) is 6.03. The average Bonchev–Trinajstić information content (AvgIpc) is 2.80. The summed E-state index contributed by atoms with van der Waals surface area (Å²) in [6.45, 7) is 9.30. The molecule has 1 aliphatic carbocycles. The molecule has 3 heteroatoms. The van der Waals surface area contributed by atoms with E-state index < -0.39 is 0 Å². The maximum Gasteiger partial charge on any atom is 0.0468 e. The van der Waals surface area contributed by atoms with Crippen LogP contribution in [0.4, 0.5) is 0 Å². The van der Waals surface area contributed by atoms with Crippen molar-refractivity contribution in [1.29, 1.82) is 0 Å². The van der Waals surface area contributed by atoms with Crippen LogP contribution in [0.5, 0.6) is 0 Å². The van der Waals surface area contributed by atoms with Gasteiger partial charge in [0.1, 0.15) is 0 Å². The van der Waals surface area contributed by atoms with Crippen LogP contribution in [0.1, 0.15) is 40.5 Å². The summed E-state index contributed by atoms with van der Waals surface area (Å²) in [5.74, 6) is 0.652. The van der Waals surface area contributed by atoms with E-state index in [4.69, 9.17) is 0 Å². The van der Waals surface area contributed by atoms with Gasteiger partial charge in [-0.25, -0.2) is 0 Å². The SMILES string of the molecule is CC1=C(C)N(C)C(C)(CC2=CC=CC2)C1C.Cl.Cl. The quantitative estimate of drug-likeness (QED) is 0.710. The lowest BCUT2D eigenvalue weighted by Crippen LogP contribution is -2.43. The largest absolute Gasteiger partial charge is 0.372 e. The second kappa shape index (κ2) is 6.16. The minimum Gasteiger partial charge on any atom is -0.372 e. The second-order valence-electron chi connectivity index (χ2n) is 5.54. The highest BCUT2D eigenvalue weighted by Crippen LogP contribution is 2.44. The summed E-state index contributed by atoms with van der Waals surface area (Å²) >= 11 is 0. The lowest BCUT2D eigenvalue weighted by atomic mass is 9.80. The van der Waals surface area contributed by atoms with E-state index in [9.17, 15) is 0 Å². The van der Waals surface area contributed by atoms with Crippen molar-refractivity contribution in [3.05, 3.63) is 35.1 Å². The summed E-state index contributed by atoms with van der Waals surface area (Å²) < 4.78 is 0. The standard InChI is InChI=1S/C15H23N.2ClH/c1-11-12(2)15(4,16(5)13(11)3)10-14-8-6-7-9-14;;/h6-8,12H,9-10H2,1-5H3;2*1H. The normalized spacial score (nSPS) is 30.2. The molecule has 1 aliphatic heterocycles. The highest BCUT2D eigenvalue weighted by Gasteiger charge is 2.42. The highest BCUT2D eigenvalue weighted by atomic mass is 35.5. The van der Waals surface area contributed by atoms with Crippen molar-refractivity contribution in [3.8, 4) is 0 Å². The predicted molar refractivity (Wildman–Crippen MR) is 84.7 cm³/mol. The van der Waals surface area contributed by atoms with Gasteiger partial charge >= 0.3 is 0 Å². The number of halogens is 2. The number of hydrogen-bond donors (Lipinski definition) is 0. The number of allylic oxidation sites excluding steroid dienone is 4. The fraction of sp³-hybridized carbons (Fsp3) is 0.600. The van der Waals surface area contributed by atoms with Crippen molar-refractivity contribution in [2.75, 3.05) is 7.05 Å². The molecule has 0 radical (unpaired) electrons. The third kappa shape index (κ3) is 2.62. The number of rotatable bonds is 2. The molecule has 2 unspecified atom stereocenters. The third-order valence-corrected chi connectivity index (χ3v) is 4.86. The lowest BCUT2D eigenvalue weighted by Gasteiger charge is -2.39. The average molecular weight is 290 g/mol. The van der Waals surface area contributed by atoms with Crippen molar-refractivity contribution in [2.45, 2.75) is 46.1 Å². The Morgan fingerprint density at radius 3 is 2.33 bits per heavy atom. The molecule has 0 fully saturated rings. The monoisotopic (exact) mass is 289 g/mol. The van der Waals surface area contributed by atoms with Crippen molar-refractivity contribution in [1.82, 2.24) is 4.90 Å². The molecule has 104 valence electrons. The molecule has 18 heavy (non-hydrogen) atoms. The predicted octanol–water partition coefficient (Wildman–Crippen LogP) is 4.74. The molecule has 0 aromatic rings. The molecule has 0 bridgehead atoms. The minimum absolute atomic E-state index is 0. The van der Waals surface area contributed by atoms with Gasteiger partial charge in [-0.05, 0) is 39.2 Å². The van der Waals surface area contributed by atoms with E-state index >= 15 is 0 Å². The zero-order chi connectivity index (χ0) is 11.9. The third-order valence-electron chi connectivity index (χ3n) is 4.86. The summed E-state index contributed by atoms with van der Waals surface area (Å²) in [5, 5.41) is 0. The van der Waals surface area contributed by atoms with Gasteiger partial charge in [0.25, 0.3) is 0 Å². The zero-order valence-electron chi connectivity index (χ0n) is 12.0. The van der Waals surface area contributed by atoms with E-state index in [1.807, 2.05) is 0 Å². The Bertz CT molecular complexity index is 375. The van der Waals surface area contributed by atoms with Crippen LogP contribution >= 0.6 is 24.8 Å². The van der Waals surface area contributed by atoms with E-state index in [1.54, 1.807) is 11.1 Å². The van der Waals surface area contributed by atoms with Gasteiger partial charge in [-0.3, -0.25) is 0 Å². The molecule has 0 amide bonds. The molecule has 0 aromatic heterocycles. The van der Waals surface area contributed by atoms with E-state index in [1.165, 1.54) is 12.1 Å². The smallest absolute Gasteiger partial charge is 0.0468 e. The van der Waals surface area contributed by atoms with Crippen LogP contribution in [-0.4, -0.2) is 17.5 Å². The molecule has 2 rings (SSSR count). The summed E-state index contributed by atoms with van der Waals surface area (Å²) in [4.78, 5) is 2.48. The summed E-state index contributed by atoms with van der Waals surface area (Å²) in [7, 11) is 2.24. The van der Waals surface area contributed by atoms with Crippen LogP contribution in [0.25, 0.3) is 0 Å². The van der Waals surface area contributed by atoms with Crippen LogP contribution in [-0.2, 0) is 0 Å². The fourth-order valence-electron chi connectivity index (χ4n) is 3.07. The first kappa shape index (κ1) is 17.6. The lowest BCUT2D eigenvalue weighted by molar-refractivity contribution is 0.163. The van der Waals surface area contributed by atoms with Crippen LogP contribution in [0.3, 0.4) is 0 Å². The van der Waals surface area contributed by atoms with Crippen molar-refractivity contribution in [2.24, 2.45) is 5.92 Å². The van der Waals surface area contributed by atoms with Gasteiger partial charge in [0.15, 0.2) is 0 Å². The molecule has 1 nitrogen and oxygen atoms in total. The maximum absolute atomic E-state index is 2.48. The van der Waals surface area contributed by atoms with E-state index in [0.29, 0.717) is 5.92 Å². The van der Waals surface area contributed by atoms with Gasteiger partial charge in [-0.1, -0.05) is 30.7 Å². The van der Waals surface area contributed by atoms with Crippen LogP contribution in [0.15, 0.2) is 35.1 Å². The summed E-state index contributed by atoms with van der Waals surface area (Å²) in [5.41, 5.74) is 4.85. The van der Waals surface area contributed by atoms with Gasteiger partial charge in [0.05, 0.1) is 0 Å². The van der Waals surface area contributed by atoms with Crippen LogP contribution < -0.4 is 0 Å². The topological polar surface area (TPSA) is 3.24 Å². The molecule has 0 aromatic carbocycles. The Labute approximate surface area is 124 Å². The molecular weight excluding hydrogens is 265 g/mol. The highest BCUT2D eigenvalue weighted by molar-refractivity contribution is 5.85. The second-order valence-corrected chi connectivity index (χ2v) is 5.54. The number of nitrogens with zero attached hydrogens (tertiary/aromatic N) is 1. The molecule has 0 spiro atoms. The van der Waals surface area contributed by atoms with Gasteiger partial charge in [0, 0.05) is 24.2 Å². The minimum atomic E-state index is 0. The van der Waals surface area contributed by atoms with E-state index in [2.05, 4.69) is 57.9 Å². The van der Waals surface area contributed by atoms with Crippen molar-refractivity contribution in [3.63, 3.8) is 0 Å². The zero-order valence-corrected chi connectivity index (χ0v) is 13.6. The Hall–Kier alpha value is -0.400. The molecule has 2 aliphatic rings. The first-order valence-corrected chi connectivity index (χ1v) is 6.22. The fourth-order valence-corrected chi connectivity index (χ4v) is 3.07. The molecule has 0 saturated carbocycles. The van der Waals surface area contributed by atoms with Gasteiger partial charge in [0.2, 0.25) is 0 Å². The van der Waals surface area contributed by atoms with Gasteiger partial charge < -0.3 is 4.90 Å². The van der Waals surface area contributed by atoms with Crippen molar-refractivity contribution < 1.29 is 0 Å². The molecule has 2 atom stereocenters. The molecule has 0 saturated heterocycles. The van der Waals surface area contributed by atoms with Crippen LogP contribution in [0, 0.1) is 5.92 Å². The molecular formula is C15H25Cl2N. The Morgan fingerprint density at radius 1 is 1.33 bits per heavy atom. The first-order chi connectivity index (χ1) is 7.47. The maximum atomic E-state index is 2.48. The summed E-state index contributed by atoms with van der Waals surface area (Å²) in [6.07, 6.45) is 9.06. The Morgan fingerprint density at radius 2 is 1.94 bits per heavy atom. The van der Waals surface area contributed by atoms with Gasteiger partial charge in [-0.2, -0.15) is 0 Å². The number of hydrogen-bond acceptors (Lipinski definition) is 1. The van der Waals surface area contributed by atoms with E-state index in [-0.39, 0.29) is 30.4 Å². The molecule has 1 heterocycles. The molecule has 0 N–H and O–H groups in total. The first-order valence-electron chi connectivity index (χ1n) is 6.22. The van der Waals surface area contributed by atoms with E-state index in [0.717, 1.165) is 6.42 Å². The Balaban J connectivity index is 0.00000144. The van der Waals surface area contributed by atoms with Crippen LogP contribution in [0.2, 0.25) is 0 Å².